The Bertz CT molecular complexity index is 466. The van der Waals surface area contributed by atoms with Gasteiger partial charge < -0.3 is 10.2 Å². The Morgan fingerprint density at radius 1 is 1.00 bits per heavy atom. The molecule has 0 aromatic carbocycles. The van der Waals surface area contributed by atoms with E-state index in [4.69, 9.17) is 4.99 Å². The lowest BCUT2D eigenvalue weighted by atomic mass is 9.66. The molecule has 2 aliphatic carbocycles. The molecule has 6 atom stereocenters. The third kappa shape index (κ3) is 2.73. The molecule has 2 heterocycles. The summed E-state index contributed by atoms with van der Waals surface area (Å²) < 4.78 is 0. The average molecular weight is 318 g/mol. The molecule has 6 unspecified atom stereocenters. The Morgan fingerprint density at radius 2 is 1.74 bits per heavy atom. The highest BCUT2D eigenvalue weighted by Gasteiger charge is 2.51. The van der Waals surface area contributed by atoms with Crippen LogP contribution in [0.4, 0.5) is 0 Å². The molecule has 4 rings (SSSR count). The molecule has 3 heteroatoms. The molecule has 1 saturated heterocycles. The van der Waals surface area contributed by atoms with Gasteiger partial charge in [0.2, 0.25) is 0 Å². The summed E-state index contributed by atoms with van der Waals surface area (Å²) in [6.07, 6.45) is 9.53. The van der Waals surface area contributed by atoms with Gasteiger partial charge >= 0.3 is 0 Å². The van der Waals surface area contributed by atoms with Crippen LogP contribution in [-0.2, 0) is 0 Å². The number of nitrogens with zero attached hydrogens (tertiary/aromatic N) is 2. The van der Waals surface area contributed by atoms with Gasteiger partial charge in [0.15, 0.2) is 0 Å². The van der Waals surface area contributed by atoms with E-state index in [1.807, 2.05) is 0 Å². The highest BCUT2D eigenvalue weighted by Crippen LogP contribution is 2.44. The summed E-state index contributed by atoms with van der Waals surface area (Å²) in [5.74, 6) is 3.84. The van der Waals surface area contributed by atoms with Gasteiger partial charge in [0.25, 0.3) is 0 Å². The van der Waals surface area contributed by atoms with Gasteiger partial charge in [-0.3, -0.25) is 4.99 Å². The summed E-state index contributed by atoms with van der Waals surface area (Å²) in [5.41, 5.74) is 0. The van der Waals surface area contributed by atoms with Gasteiger partial charge in [0.1, 0.15) is 0 Å². The van der Waals surface area contributed by atoms with Gasteiger partial charge in [-0.1, -0.05) is 13.8 Å². The first kappa shape index (κ1) is 15.9. The molecule has 0 amide bonds. The van der Waals surface area contributed by atoms with E-state index in [0.29, 0.717) is 18.1 Å². The third-order valence-corrected chi connectivity index (χ3v) is 7.37. The molecular formula is C20H35N3. The maximum absolute atomic E-state index is 5.22. The fourth-order valence-corrected chi connectivity index (χ4v) is 6.16. The molecule has 0 spiro atoms. The monoisotopic (exact) mass is 317 g/mol. The molecule has 2 aliphatic heterocycles. The average Bonchev–Trinajstić information content (AvgIpc) is 2.52. The lowest BCUT2D eigenvalue weighted by Crippen LogP contribution is -2.68. The number of aliphatic imine (C=N–C) groups is 1. The zero-order valence-electron chi connectivity index (χ0n) is 15.5. The summed E-state index contributed by atoms with van der Waals surface area (Å²) in [7, 11) is 0. The van der Waals surface area contributed by atoms with Crippen molar-refractivity contribution < 1.29 is 0 Å². The highest BCUT2D eigenvalue weighted by molar-refractivity contribution is 5.81. The molecule has 0 aromatic heterocycles. The van der Waals surface area contributed by atoms with E-state index in [1.54, 1.807) is 0 Å². The van der Waals surface area contributed by atoms with Crippen molar-refractivity contribution in [1.82, 2.24) is 10.2 Å². The maximum atomic E-state index is 5.22. The second-order valence-electron chi connectivity index (χ2n) is 9.09. The molecule has 130 valence electrons. The highest BCUT2D eigenvalue weighted by atomic mass is 15.3. The molecule has 0 bridgehead atoms. The van der Waals surface area contributed by atoms with Crippen LogP contribution in [-0.4, -0.2) is 40.9 Å². The molecule has 0 radical (unpaired) electrons. The van der Waals surface area contributed by atoms with Crippen LogP contribution >= 0.6 is 0 Å². The summed E-state index contributed by atoms with van der Waals surface area (Å²) in [6.45, 7) is 9.58. The lowest BCUT2D eigenvalue weighted by molar-refractivity contribution is 0.00940. The van der Waals surface area contributed by atoms with Crippen LogP contribution < -0.4 is 5.32 Å². The molecule has 0 aromatic rings. The maximum Gasteiger partial charge on any atom is 0.0966 e. The van der Waals surface area contributed by atoms with Crippen molar-refractivity contribution in [2.24, 2.45) is 22.7 Å². The topological polar surface area (TPSA) is 27.6 Å². The van der Waals surface area contributed by atoms with E-state index >= 15 is 0 Å². The van der Waals surface area contributed by atoms with Gasteiger partial charge in [-0.15, -0.1) is 0 Å². The number of nitrogens with one attached hydrogen (secondary N) is 1. The van der Waals surface area contributed by atoms with E-state index in [0.717, 1.165) is 29.8 Å². The van der Waals surface area contributed by atoms with Crippen LogP contribution in [0.5, 0.6) is 0 Å². The first-order valence-electron chi connectivity index (χ1n) is 10.1. The predicted octanol–water partition coefficient (Wildman–Crippen LogP) is 3.83. The van der Waals surface area contributed by atoms with E-state index in [9.17, 15) is 0 Å². The van der Waals surface area contributed by atoms with Crippen LogP contribution in [0, 0.1) is 17.8 Å². The predicted molar refractivity (Wildman–Crippen MR) is 96.8 cm³/mol. The van der Waals surface area contributed by atoms with Gasteiger partial charge in [-0.2, -0.15) is 0 Å². The normalized spacial score (nSPS) is 50.3. The van der Waals surface area contributed by atoms with Gasteiger partial charge in [-0.25, -0.2) is 0 Å². The Balaban J connectivity index is 1.64. The fraction of sp³-hybridized carbons (Fsp3) is 0.950. The number of piperidine rings is 1. The first-order valence-corrected chi connectivity index (χ1v) is 10.1. The minimum atomic E-state index is 0.583. The molecule has 4 aliphatic rings. The van der Waals surface area contributed by atoms with Crippen molar-refractivity contribution in [3.05, 3.63) is 0 Å². The molecule has 23 heavy (non-hydrogen) atoms. The van der Waals surface area contributed by atoms with Gasteiger partial charge in [0.05, 0.1) is 11.9 Å². The Kier molecular flexibility index (Phi) is 4.19. The van der Waals surface area contributed by atoms with Crippen LogP contribution in [0.3, 0.4) is 0 Å². The largest absolute Gasteiger partial charge is 0.354 e. The molecular weight excluding hydrogens is 282 g/mol. The number of rotatable bonds is 1. The summed E-state index contributed by atoms with van der Waals surface area (Å²) in [4.78, 5) is 8.03. The van der Waals surface area contributed by atoms with Gasteiger partial charge in [-0.05, 0) is 70.6 Å². The first-order chi connectivity index (χ1) is 11.0. The van der Waals surface area contributed by atoms with Crippen molar-refractivity contribution in [2.45, 2.75) is 103 Å². The smallest absolute Gasteiger partial charge is 0.0966 e. The third-order valence-electron chi connectivity index (χ3n) is 7.37. The zero-order valence-corrected chi connectivity index (χ0v) is 15.5. The van der Waals surface area contributed by atoms with Crippen molar-refractivity contribution in [1.29, 1.82) is 0 Å². The minimum absolute atomic E-state index is 0.583. The molecule has 3 fully saturated rings. The fourth-order valence-electron chi connectivity index (χ4n) is 6.16. The van der Waals surface area contributed by atoms with Crippen LogP contribution in [0.1, 0.15) is 72.6 Å². The summed E-state index contributed by atoms with van der Waals surface area (Å²) >= 11 is 0. The zero-order chi connectivity index (χ0) is 16.1. The summed E-state index contributed by atoms with van der Waals surface area (Å²) in [6, 6.07) is 3.41. The van der Waals surface area contributed by atoms with Crippen LogP contribution in [0.15, 0.2) is 4.99 Å². The Morgan fingerprint density at radius 3 is 2.48 bits per heavy atom. The quantitative estimate of drug-likeness (QED) is 0.796. The van der Waals surface area contributed by atoms with Crippen molar-refractivity contribution in [2.75, 3.05) is 0 Å². The minimum Gasteiger partial charge on any atom is -0.354 e. The second-order valence-corrected chi connectivity index (χ2v) is 9.09. The number of hydrogen-bond donors (Lipinski definition) is 1. The lowest BCUT2D eigenvalue weighted by Gasteiger charge is -2.58. The van der Waals surface area contributed by atoms with E-state index in [2.05, 4.69) is 37.9 Å². The Labute approximate surface area is 142 Å². The van der Waals surface area contributed by atoms with E-state index in [1.165, 1.54) is 50.8 Å². The van der Waals surface area contributed by atoms with Crippen LogP contribution in [0.25, 0.3) is 0 Å². The van der Waals surface area contributed by atoms with Crippen LogP contribution in [0.2, 0.25) is 0 Å². The second kappa shape index (κ2) is 6.06. The van der Waals surface area contributed by atoms with E-state index in [-0.39, 0.29) is 0 Å². The van der Waals surface area contributed by atoms with Crippen molar-refractivity contribution >= 4 is 5.84 Å². The van der Waals surface area contributed by atoms with Crippen molar-refractivity contribution in [3.8, 4) is 0 Å². The number of amidine groups is 1. The van der Waals surface area contributed by atoms with E-state index < -0.39 is 0 Å². The molecule has 1 N–H and O–H groups in total. The molecule has 3 nitrogen and oxygen atoms in total. The summed E-state index contributed by atoms with van der Waals surface area (Å²) in [5, 5.41) is 3.95. The van der Waals surface area contributed by atoms with Crippen molar-refractivity contribution in [3.63, 3.8) is 0 Å². The Hall–Kier alpha value is -0.570. The standard InChI is InChI=1S/C20H35N3/c1-12-5-8-16(9-6-12)23-15(4)22-17-10-7-13(2)20-19(17)18(23)11-14(3)21-20/h12-14,16-21H,5-11H2,1-4H3. The van der Waals surface area contributed by atoms with Gasteiger partial charge in [0, 0.05) is 30.1 Å². The SMILES string of the molecule is CC1=NC2CCC(C)C3NC(C)CC(C23)N1C1CCC(C)CC1. The molecule has 2 saturated carbocycles. The number of hydrogen-bond acceptors (Lipinski definition) is 3.